The van der Waals surface area contributed by atoms with Crippen LogP contribution in [0.4, 0.5) is 5.69 Å². The first-order chi connectivity index (χ1) is 13.1. The van der Waals surface area contributed by atoms with Gasteiger partial charge >= 0.3 is 0 Å². The van der Waals surface area contributed by atoms with Crippen molar-refractivity contribution in [2.45, 2.75) is 43.9 Å². The molecular formula is C20H29N3O4S. The first-order valence-electron chi connectivity index (χ1n) is 9.89. The Labute approximate surface area is 166 Å². The number of morpholine rings is 1. The van der Waals surface area contributed by atoms with Gasteiger partial charge in [0, 0.05) is 31.9 Å². The van der Waals surface area contributed by atoms with E-state index in [1.165, 1.54) is 0 Å². The maximum atomic E-state index is 13.0. The third kappa shape index (κ3) is 3.58. The molecular weight excluding hydrogens is 378 g/mol. The van der Waals surface area contributed by atoms with Crippen LogP contribution < -0.4 is 10.0 Å². The lowest BCUT2D eigenvalue weighted by atomic mass is 9.85. The highest BCUT2D eigenvalue weighted by Crippen LogP contribution is 2.46. The summed E-state index contributed by atoms with van der Waals surface area (Å²) in [5, 5.41) is 2.88. The summed E-state index contributed by atoms with van der Waals surface area (Å²) in [5.41, 5.74) is 1.55. The topological polar surface area (TPSA) is 87.7 Å². The molecule has 1 aromatic carbocycles. The van der Waals surface area contributed by atoms with E-state index in [0.29, 0.717) is 6.54 Å². The molecule has 154 valence electrons. The van der Waals surface area contributed by atoms with Crippen LogP contribution in [0.15, 0.2) is 17.0 Å². The first kappa shape index (κ1) is 19.8. The molecule has 0 unspecified atom stereocenters. The van der Waals surface area contributed by atoms with Crippen LogP contribution in [0.2, 0.25) is 0 Å². The number of nitrogens with zero attached hydrogens (tertiary/aromatic N) is 1. The second-order valence-electron chi connectivity index (χ2n) is 8.95. The predicted octanol–water partition coefficient (Wildman–Crippen LogP) is 1.62. The van der Waals surface area contributed by atoms with E-state index in [1.54, 1.807) is 12.1 Å². The fourth-order valence-corrected chi connectivity index (χ4v) is 5.36. The van der Waals surface area contributed by atoms with E-state index >= 15 is 0 Å². The number of anilines is 1. The average Bonchev–Trinajstić information content (AvgIpc) is 3.37. The Morgan fingerprint density at radius 2 is 1.89 bits per heavy atom. The van der Waals surface area contributed by atoms with Crippen LogP contribution in [0.3, 0.4) is 0 Å². The van der Waals surface area contributed by atoms with Crippen LogP contribution >= 0.6 is 0 Å². The van der Waals surface area contributed by atoms with Gasteiger partial charge < -0.3 is 10.1 Å². The number of amides is 1. The zero-order chi connectivity index (χ0) is 20.2. The molecule has 3 aliphatic rings. The number of fused-ring (bicyclic) bond motifs is 1. The molecule has 1 saturated carbocycles. The van der Waals surface area contributed by atoms with Gasteiger partial charge in [-0.1, -0.05) is 0 Å². The summed E-state index contributed by atoms with van der Waals surface area (Å²) in [6.45, 7) is 10.1. The molecule has 1 aliphatic carbocycles. The number of hydrogen-bond donors (Lipinski definition) is 2. The van der Waals surface area contributed by atoms with Crippen LogP contribution in [0.1, 0.15) is 37.8 Å². The van der Waals surface area contributed by atoms with Crippen molar-refractivity contribution in [3.05, 3.63) is 23.3 Å². The van der Waals surface area contributed by atoms with Crippen molar-refractivity contribution in [1.82, 2.24) is 9.62 Å². The molecule has 0 spiro atoms. The molecule has 4 rings (SSSR count). The van der Waals surface area contributed by atoms with Gasteiger partial charge in [0.05, 0.1) is 23.5 Å². The van der Waals surface area contributed by atoms with E-state index in [0.717, 1.165) is 62.5 Å². The Kier molecular flexibility index (Phi) is 4.81. The Hall–Kier alpha value is -1.48. The van der Waals surface area contributed by atoms with Crippen molar-refractivity contribution in [3.63, 3.8) is 0 Å². The second-order valence-corrected chi connectivity index (χ2v) is 10.7. The second kappa shape index (κ2) is 6.79. The molecule has 1 aromatic rings. The van der Waals surface area contributed by atoms with Gasteiger partial charge in [-0.05, 0) is 62.3 Å². The quantitative estimate of drug-likeness (QED) is 0.748. The van der Waals surface area contributed by atoms with Gasteiger partial charge in [0.15, 0.2) is 0 Å². The maximum Gasteiger partial charge on any atom is 0.240 e. The number of nitrogens with one attached hydrogen (secondary N) is 2. The van der Waals surface area contributed by atoms with Crippen molar-refractivity contribution in [2.75, 3.05) is 44.7 Å². The van der Waals surface area contributed by atoms with Crippen molar-refractivity contribution in [2.24, 2.45) is 5.41 Å². The Morgan fingerprint density at radius 3 is 2.54 bits per heavy atom. The van der Waals surface area contributed by atoms with E-state index in [2.05, 4.69) is 14.9 Å². The molecule has 2 N–H and O–H groups in total. The third-order valence-corrected chi connectivity index (χ3v) is 7.74. The molecule has 0 aromatic heterocycles. The molecule has 28 heavy (non-hydrogen) atoms. The molecule has 7 nitrogen and oxygen atoms in total. The molecule has 1 amide bonds. The molecule has 1 saturated heterocycles. The SMILES string of the molecule is Cc1cc(S(=O)(=O)NCC2(CN3CCOCC3)CC2)cc2c1NC(=O)C2(C)C. The van der Waals surface area contributed by atoms with Gasteiger partial charge in [0.25, 0.3) is 0 Å². The van der Waals surface area contributed by atoms with Crippen molar-refractivity contribution in [3.8, 4) is 0 Å². The lowest BCUT2D eigenvalue weighted by Crippen LogP contribution is -2.43. The van der Waals surface area contributed by atoms with Crippen LogP contribution in [-0.4, -0.2) is 58.6 Å². The highest BCUT2D eigenvalue weighted by molar-refractivity contribution is 7.89. The molecule has 0 bridgehead atoms. The Morgan fingerprint density at radius 1 is 1.21 bits per heavy atom. The summed E-state index contributed by atoms with van der Waals surface area (Å²) >= 11 is 0. The van der Waals surface area contributed by atoms with Gasteiger partial charge in [0.1, 0.15) is 0 Å². The summed E-state index contributed by atoms with van der Waals surface area (Å²) in [4.78, 5) is 14.8. The molecule has 2 heterocycles. The Bertz CT molecular complexity index is 900. The van der Waals surface area contributed by atoms with Gasteiger partial charge in [-0.2, -0.15) is 0 Å². The van der Waals surface area contributed by atoms with Crippen molar-refractivity contribution >= 4 is 21.6 Å². The van der Waals surface area contributed by atoms with Gasteiger partial charge in [0.2, 0.25) is 15.9 Å². The Balaban J connectivity index is 1.50. The fraction of sp³-hybridized carbons (Fsp3) is 0.650. The van der Waals surface area contributed by atoms with Crippen LogP contribution in [0, 0.1) is 12.3 Å². The van der Waals surface area contributed by atoms with Crippen LogP contribution in [0.25, 0.3) is 0 Å². The number of benzene rings is 1. The molecule has 0 radical (unpaired) electrons. The minimum absolute atomic E-state index is 0.0347. The summed E-state index contributed by atoms with van der Waals surface area (Å²) in [6.07, 6.45) is 2.09. The number of sulfonamides is 1. The predicted molar refractivity (Wildman–Crippen MR) is 107 cm³/mol. The van der Waals surface area contributed by atoms with E-state index in [4.69, 9.17) is 4.74 Å². The number of aryl methyl sites for hydroxylation is 1. The average molecular weight is 408 g/mol. The molecule has 2 fully saturated rings. The summed E-state index contributed by atoms with van der Waals surface area (Å²) < 4.78 is 34.2. The highest BCUT2D eigenvalue weighted by Gasteiger charge is 2.45. The minimum atomic E-state index is -3.64. The molecule has 0 atom stereocenters. The van der Waals surface area contributed by atoms with E-state index in [1.807, 2.05) is 20.8 Å². The maximum absolute atomic E-state index is 13.0. The van der Waals surface area contributed by atoms with Gasteiger partial charge in [-0.25, -0.2) is 13.1 Å². The number of hydrogen-bond acceptors (Lipinski definition) is 5. The number of carbonyl (C=O) groups is 1. The van der Waals surface area contributed by atoms with E-state index in [9.17, 15) is 13.2 Å². The molecule has 8 heteroatoms. The fourth-order valence-electron chi connectivity index (χ4n) is 4.09. The largest absolute Gasteiger partial charge is 0.379 e. The minimum Gasteiger partial charge on any atom is -0.379 e. The van der Waals surface area contributed by atoms with Crippen LogP contribution in [0.5, 0.6) is 0 Å². The number of carbonyl (C=O) groups excluding carboxylic acids is 1. The highest BCUT2D eigenvalue weighted by atomic mass is 32.2. The normalized spacial score (nSPS) is 23.3. The van der Waals surface area contributed by atoms with Crippen molar-refractivity contribution in [1.29, 1.82) is 0 Å². The summed E-state index contributed by atoms with van der Waals surface area (Å²) in [5.74, 6) is -0.101. The third-order valence-electron chi connectivity index (χ3n) is 6.36. The lowest BCUT2D eigenvalue weighted by molar-refractivity contribution is -0.119. The zero-order valence-electron chi connectivity index (χ0n) is 16.8. The summed E-state index contributed by atoms with van der Waals surface area (Å²) in [6, 6.07) is 3.29. The first-order valence-corrected chi connectivity index (χ1v) is 11.4. The lowest BCUT2D eigenvalue weighted by Gasteiger charge is -2.30. The molecule has 2 aliphatic heterocycles. The van der Waals surface area contributed by atoms with Gasteiger partial charge in [-0.3, -0.25) is 9.69 Å². The zero-order valence-corrected chi connectivity index (χ0v) is 17.6. The summed E-state index contributed by atoms with van der Waals surface area (Å²) in [7, 11) is -3.64. The number of rotatable bonds is 6. The van der Waals surface area contributed by atoms with E-state index < -0.39 is 15.4 Å². The van der Waals surface area contributed by atoms with Crippen molar-refractivity contribution < 1.29 is 17.9 Å². The van der Waals surface area contributed by atoms with Gasteiger partial charge in [-0.15, -0.1) is 0 Å². The standard InChI is InChI=1S/C20H29N3O4S/c1-14-10-15(11-16-17(14)22-18(24)19(16,2)3)28(25,26)21-12-20(4-5-20)13-23-6-8-27-9-7-23/h10-11,21H,4-9,12-13H2,1-3H3,(H,22,24). The smallest absolute Gasteiger partial charge is 0.240 e. The van der Waals surface area contributed by atoms with E-state index in [-0.39, 0.29) is 16.2 Å². The monoisotopic (exact) mass is 407 g/mol. The van der Waals surface area contributed by atoms with Crippen LogP contribution in [-0.2, 0) is 25.0 Å². The number of ether oxygens (including phenoxy) is 1.